The molecule has 1 aromatic carbocycles. The minimum absolute atomic E-state index is 0.169. The second kappa shape index (κ2) is 6.80. The van der Waals surface area contributed by atoms with Crippen molar-refractivity contribution in [3.05, 3.63) is 39.4 Å². The van der Waals surface area contributed by atoms with Crippen LogP contribution in [0.5, 0.6) is 0 Å². The Kier molecular flexibility index (Phi) is 4.57. The van der Waals surface area contributed by atoms with E-state index >= 15 is 4.39 Å². The highest BCUT2D eigenvalue weighted by atomic mass is 19.2. The van der Waals surface area contributed by atoms with Crippen LogP contribution in [0.25, 0.3) is 10.9 Å². The van der Waals surface area contributed by atoms with Crippen LogP contribution in [0.1, 0.15) is 35.7 Å². The van der Waals surface area contributed by atoms with E-state index in [1.54, 1.807) is 7.05 Å². The fraction of sp³-hybridized carbons (Fsp3) is 0.474. The number of aromatic nitrogens is 1. The summed E-state index contributed by atoms with van der Waals surface area (Å²) in [5.74, 6) is -5.34. The number of nitrogens with one attached hydrogen (secondary N) is 1. The molecular formula is C19H20F3N3O3. The predicted molar refractivity (Wildman–Crippen MR) is 97.6 cm³/mol. The molecule has 1 aliphatic carbocycles. The number of nitrogens with zero attached hydrogens (tertiary/aromatic N) is 2. The van der Waals surface area contributed by atoms with Crippen molar-refractivity contribution in [3.8, 4) is 0 Å². The Morgan fingerprint density at radius 3 is 2.54 bits per heavy atom. The summed E-state index contributed by atoms with van der Waals surface area (Å²) in [6.45, 7) is 1.40. The van der Waals surface area contributed by atoms with Crippen LogP contribution in [0.3, 0.4) is 0 Å². The number of anilines is 1. The third kappa shape index (κ3) is 2.85. The third-order valence-electron chi connectivity index (χ3n) is 5.54. The molecule has 28 heavy (non-hydrogen) atoms. The summed E-state index contributed by atoms with van der Waals surface area (Å²) in [6, 6.07) is -0.232. The summed E-state index contributed by atoms with van der Waals surface area (Å²) in [5, 5.41) is 11.4. The van der Waals surface area contributed by atoms with Gasteiger partial charge in [-0.15, -0.1) is 0 Å². The SMILES string of the molecule is CNCC1CCN(c2c(F)c(F)c3c(=O)c(C(=O)O)cn(C4CC4)c3c2F)C1. The number of rotatable bonds is 5. The summed E-state index contributed by atoms with van der Waals surface area (Å²) >= 11 is 0. The van der Waals surface area contributed by atoms with Crippen molar-refractivity contribution in [2.75, 3.05) is 31.6 Å². The molecule has 9 heteroatoms. The number of halogens is 3. The van der Waals surface area contributed by atoms with Gasteiger partial charge >= 0.3 is 5.97 Å². The van der Waals surface area contributed by atoms with E-state index in [-0.39, 0.29) is 17.5 Å². The number of hydrogen-bond donors (Lipinski definition) is 2. The van der Waals surface area contributed by atoms with Gasteiger partial charge in [-0.05, 0) is 38.8 Å². The first-order chi connectivity index (χ1) is 13.3. The van der Waals surface area contributed by atoms with Crippen LogP contribution < -0.4 is 15.6 Å². The Labute approximate surface area is 158 Å². The molecule has 2 aromatic rings. The topological polar surface area (TPSA) is 74.6 Å². The van der Waals surface area contributed by atoms with Crippen molar-refractivity contribution in [2.24, 2.45) is 5.92 Å². The van der Waals surface area contributed by atoms with Crippen LogP contribution in [0.2, 0.25) is 0 Å². The molecule has 6 nitrogen and oxygen atoms in total. The third-order valence-corrected chi connectivity index (χ3v) is 5.54. The first kappa shape index (κ1) is 18.8. The van der Waals surface area contributed by atoms with Crippen molar-refractivity contribution in [1.29, 1.82) is 0 Å². The number of carboxylic acids is 1. The van der Waals surface area contributed by atoms with Crippen LogP contribution >= 0.6 is 0 Å². The van der Waals surface area contributed by atoms with Crippen molar-refractivity contribution >= 4 is 22.6 Å². The lowest BCUT2D eigenvalue weighted by atomic mass is 10.1. The first-order valence-electron chi connectivity index (χ1n) is 9.23. The van der Waals surface area contributed by atoms with Crippen LogP contribution in [-0.4, -0.2) is 42.3 Å². The van der Waals surface area contributed by atoms with E-state index in [4.69, 9.17) is 0 Å². The minimum atomic E-state index is -1.56. The van der Waals surface area contributed by atoms with Gasteiger partial charge in [-0.3, -0.25) is 4.79 Å². The molecule has 0 bridgehead atoms. The largest absolute Gasteiger partial charge is 0.477 e. The highest BCUT2D eigenvalue weighted by Gasteiger charge is 2.35. The Balaban J connectivity index is 1.97. The second-order valence-corrected chi connectivity index (χ2v) is 7.49. The maximum Gasteiger partial charge on any atom is 0.341 e. The lowest BCUT2D eigenvalue weighted by Crippen LogP contribution is -2.27. The number of carboxylic acid groups (broad SMARTS) is 1. The van der Waals surface area contributed by atoms with Gasteiger partial charge in [0.15, 0.2) is 17.5 Å². The Morgan fingerprint density at radius 1 is 1.21 bits per heavy atom. The van der Waals surface area contributed by atoms with Crippen molar-refractivity contribution in [3.63, 3.8) is 0 Å². The molecule has 2 fully saturated rings. The maximum atomic E-state index is 15.5. The molecule has 150 valence electrons. The standard InChI is InChI=1S/C19H20F3N3O3/c1-23-6-9-4-5-24(7-9)17-14(21)13(20)12-16(15(17)22)25(10-2-3-10)8-11(18(12)26)19(27)28/h8-10,23H,2-7H2,1H3,(H,27,28). The van der Waals surface area contributed by atoms with Gasteiger partial charge in [0.25, 0.3) is 0 Å². The van der Waals surface area contributed by atoms with Crippen LogP contribution in [0.15, 0.2) is 11.0 Å². The van der Waals surface area contributed by atoms with Crippen molar-refractivity contribution in [1.82, 2.24) is 9.88 Å². The number of hydrogen-bond acceptors (Lipinski definition) is 4. The monoisotopic (exact) mass is 395 g/mol. The molecule has 4 rings (SSSR count). The lowest BCUT2D eigenvalue weighted by Gasteiger charge is -2.23. The summed E-state index contributed by atoms with van der Waals surface area (Å²) in [5.41, 5.74) is -2.75. The molecule has 2 heterocycles. The second-order valence-electron chi connectivity index (χ2n) is 7.49. The highest BCUT2D eigenvalue weighted by Crippen LogP contribution is 2.41. The molecule has 2 aliphatic rings. The van der Waals surface area contributed by atoms with Gasteiger partial charge in [0.1, 0.15) is 11.3 Å². The summed E-state index contributed by atoms with van der Waals surface area (Å²) in [4.78, 5) is 25.3. The molecule has 0 spiro atoms. The van der Waals surface area contributed by atoms with Crippen LogP contribution in [0, 0.1) is 23.4 Å². The van der Waals surface area contributed by atoms with Gasteiger partial charge in [0.05, 0.1) is 10.9 Å². The minimum Gasteiger partial charge on any atom is -0.477 e. The van der Waals surface area contributed by atoms with Gasteiger partial charge in [0.2, 0.25) is 5.43 Å². The summed E-state index contributed by atoms with van der Waals surface area (Å²) < 4.78 is 46.5. The van der Waals surface area contributed by atoms with Crippen molar-refractivity contribution in [2.45, 2.75) is 25.3 Å². The molecule has 0 radical (unpaired) electrons. The molecule has 1 saturated heterocycles. The number of benzene rings is 1. The summed E-state index contributed by atoms with van der Waals surface area (Å²) in [7, 11) is 1.79. The number of pyridine rings is 1. The smallest absolute Gasteiger partial charge is 0.341 e. The van der Waals surface area contributed by atoms with Gasteiger partial charge in [-0.25, -0.2) is 18.0 Å². The molecule has 1 aliphatic heterocycles. The molecule has 1 unspecified atom stereocenters. The van der Waals surface area contributed by atoms with Gasteiger partial charge in [-0.1, -0.05) is 0 Å². The zero-order valence-corrected chi connectivity index (χ0v) is 15.3. The van der Waals surface area contributed by atoms with E-state index in [0.717, 1.165) is 6.20 Å². The number of fused-ring (bicyclic) bond motifs is 1. The molecule has 0 amide bonds. The lowest BCUT2D eigenvalue weighted by molar-refractivity contribution is 0.0694. The zero-order valence-electron chi connectivity index (χ0n) is 15.3. The molecule has 1 saturated carbocycles. The van der Waals surface area contributed by atoms with E-state index in [1.807, 2.05) is 0 Å². The molecular weight excluding hydrogens is 375 g/mol. The normalized spacial score (nSPS) is 19.6. The molecule has 2 N–H and O–H groups in total. The van der Waals surface area contributed by atoms with E-state index in [0.29, 0.717) is 38.9 Å². The Bertz CT molecular complexity index is 1030. The van der Waals surface area contributed by atoms with Crippen molar-refractivity contribution < 1.29 is 23.1 Å². The summed E-state index contributed by atoms with van der Waals surface area (Å²) in [6.07, 6.45) is 3.05. The van der Waals surface area contributed by atoms with Crippen LogP contribution in [0.4, 0.5) is 18.9 Å². The van der Waals surface area contributed by atoms with E-state index in [1.165, 1.54) is 9.47 Å². The van der Waals surface area contributed by atoms with E-state index in [9.17, 15) is 23.5 Å². The Morgan fingerprint density at radius 2 is 1.93 bits per heavy atom. The quantitative estimate of drug-likeness (QED) is 0.761. The first-order valence-corrected chi connectivity index (χ1v) is 9.23. The van der Waals surface area contributed by atoms with Crippen LogP contribution in [-0.2, 0) is 0 Å². The fourth-order valence-electron chi connectivity index (χ4n) is 4.04. The number of aromatic carboxylic acids is 1. The van der Waals surface area contributed by atoms with E-state index in [2.05, 4.69) is 5.32 Å². The zero-order chi connectivity index (χ0) is 20.2. The average molecular weight is 395 g/mol. The van der Waals surface area contributed by atoms with Gasteiger partial charge in [-0.2, -0.15) is 0 Å². The van der Waals surface area contributed by atoms with Gasteiger partial charge < -0.3 is 19.9 Å². The molecule has 1 atom stereocenters. The number of carbonyl (C=O) groups is 1. The van der Waals surface area contributed by atoms with E-state index < -0.39 is 45.5 Å². The van der Waals surface area contributed by atoms with Gasteiger partial charge in [0, 0.05) is 25.3 Å². The maximum absolute atomic E-state index is 15.5. The fourth-order valence-corrected chi connectivity index (χ4v) is 4.04. The average Bonchev–Trinajstić information content (AvgIpc) is 3.39. The Hall–Kier alpha value is -2.55. The highest BCUT2D eigenvalue weighted by molar-refractivity contribution is 5.94. The predicted octanol–water partition coefficient (Wildman–Crippen LogP) is 2.50. The molecule has 1 aromatic heterocycles.